The third kappa shape index (κ3) is 2.96. The molecule has 1 heterocycles. The second kappa shape index (κ2) is 6.18. The molecule has 0 aromatic heterocycles. The summed E-state index contributed by atoms with van der Waals surface area (Å²) in [5.74, 6) is -0.725. The summed E-state index contributed by atoms with van der Waals surface area (Å²) in [6.07, 6.45) is 0.804. The van der Waals surface area contributed by atoms with Crippen molar-refractivity contribution in [3.05, 3.63) is 35.9 Å². The maximum absolute atomic E-state index is 12.2. The standard InChI is InChI=1S/C14H17N3O3/c1-2-8-15-11(18)9-17-13(19)12(16-14(17)20)10-6-4-3-5-7-10/h3-7,12H,2,8-9H2,1H3,(H,15,18)(H,16,20). The first-order valence-electron chi connectivity index (χ1n) is 6.57. The van der Waals surface area contributed by atoms with Gasteiger partial charge in [0.1, 0.15) is 12.6 Å². The average molecular weight is 275 g/mol. The Hall–Kier alpha value is -2.37. The zero-order valence-electron chi connectivity index (χ0n) is 11.3. The van der Waals surface area contributed by atoms with Crippen LogP contribution in [0.15, 0.2) is 30.3 Å². The first-order chi connectivity index (χ1) is 9.63. The molecule has 106 valence electrons. The van der Waals surface area contributed by atoms with Crippen LogP contribution >= 0.6 is 0 Å². The molecule has 2 rings (SSSR count). The number of benzene rings is 1. The molecule has 1 saturated heterocycles. The molecule has 1 aliphatic heterocycles. The summed E-state index contributed by atoms with van der Waals surface area (Å²) in [6, 6.07) is 7.72. The second-order valence-electron chi connectivity index (χ2n) is 4.57. The smallest absolute Gasteiger partial charge is 0.325 e. The summed E-state index contributed by atoms with van der Waals surface area (Å²) < 4.78 is 0. The molecule has 0 spiro atoms. The Balaban J connectivity index is 2.04. The van der Waals surface area contributed by atoms with Gasteiger partial charge in [-0.1, -0.05) is 37.3 Å². The van der Waals surface area contributed by atoms with Crippen LogP contribution in [0.3, 0.4) is 0 Å². The molecular formula is C14H17N3O3. The third-order valence-electron chi connectivity index (χ3n) is 3.03. The van der Waals surface area contributed by atoms with Gasteiger partial charge in [-0.05, 0) is 12.0 Å². The highest BCUT2D eigenvalue weighted by Gasteiger charge is 2.39. The minimum Gasteiger partial charge on any atom is -0.355 e. The number of amides is 4. The maximum Gasteiger partial charge on any atom is 0.325 e. The van der Waals surface area contributed by atoms with Gasteiger partial charge in [0.05, 0.1) is 0 Å². The van der Waals surface area contributed by atoms with Crippen LogP contribution in [0.1, 0.15) is 24.9 Å². The SMILES string of the molecule is CCCNC(=O)CN1C(=O)NC(c2ccccc2)C1=O. The first kappa shape index (κ1) is 14.0. The second-order valence-corrected chi connectivity index (χ2v) is 4.57. The van der Waals surface area contributed by atoms with Gasteiger partial charge < -0.3 is 10.6 Å². The number of nitrogens with zero attached hydrogens (tertiary/aromatic N) is 1. The Bertz CT molecular complexity index is 516. The number of nitrogens with one attached hydrogen (secondary N) is 2. The van der Waals surface area contributed by atoms with E-state index in [-0.39, 0.29) is 12.5 Å². The van der Waals surface area contributed by atoms with E-state index in [1.54, 1.807) is 24.3 Å². The van der Waals surface area contributed by atoms with Crippen molar-refractivity contribution in [3.63, 3.8) is 0 Å². The number of hydrogen-bond acceptors (Lipinski definition) is 3. The maximum atomic E-state index is 12.2. The summed E-state index contributed by atoms with van der Waals surface area (Å²) >= 11 is 0. The van der Waals surface area contributed by atoms with E-state index in [2.05, 4.69) is 10.6 Å². The predicted molar refractivity (Wildman–Crippen MR) is 72.7 cm³/mol. The van der Waals surface area contributed by atoms with Crippen molar-refractivity contribution in [2.75, 3.05) is 13.1 Å². The number of carbonyl (C=O) groups is 3. The van der Waals surface area contributed by atoms with E-state index < -0.39 is 18.0 Å². The summed E-state index contributed by atoms with van der Waals surface area (Å²) in [5, 5.41) is 5.23. The lowest BCUT2D eigenvalue weighted by Gasteiger charge is -2.12. The molecule has 20 heavy (non-hydrogen) atoms. The van der Waals surface area contributed by atoms with E-state index >= 15 is 0 Å². The summed E-state index contributed by atoms with van der Waals surface area (Å²) in [4.78, 5) is 36.5. The van der Waals surface area contributed by atoms with Crippen molar-refractivity contribution in [1.82, 2.24) is 15.5 Å². The fraction of sp³-hybridized carbons (Fsp3) is 0.357. The van der Waals surface area contributed by atoms with Crippen molar-refractivity contribution in [2.24, 2.45) is 0 Å². The molecule has 1 fully saturated rings. The van der Waals surface area contributed by atoms with Gasteiger partial charge in [-0.15, -0.1) is 0 Å². The number of hydrogen-bond donors (Lipinski definition) is 2. The summed E-state index contributed by atoms with van der Waals surface area (Å²) in [6.45, 7) is 2.22. The molecule has 1 aromatic rings. The fourth-order valence-corrected chi connectivity index (χ4v) is 2.00. The van der Waals surface area contributed by atoms with Gasteiger partial charge in [0, 0.05) is 6.54 Å². The van der Waals surface area contributed by atoms with Crippen molar-refractivity contribution >= 4 is 17.8 Å². The lowest BCUT2D eigenvalue weighted by Crippen LogP contribution is -2.41. The van der Waals surface area contributed by atoms with Crippen molar-refractivity contribution < 1.29 is 14.4 Å². The summed E-state index contributed by atoms with van der Waals surface area (Å²) in [5.41, 5.74) is 0.710. The molecule has 0 radical (unpaired) electrons. The van der Waals surface area contributed by atoms with Gasteiger partial charge in [-0.3, -0.25) is 14.5 Å². The van der Waals surface area contributed by atoms with Crippen LogP contribution < -0.4 is 10.6 Å². The van der Waals surface area contributed by atoms with E-state index in [0.717, 1.165) is 11.3 Å². The Morgan fingerprint density at radius 3 is 2.65 bits per heavy atom. The van der Waals surface area contributed by atoms with Gasteiger partial charge in [0.15, 0.2) is 0 Å². The normalized spacial score (nSPS) is 18.1. The average Bonchev–Trinajstić information content (AvgIpc) is 2.74. The minimum absolute atomic E-state index is 0.242. The van der Waals surface area contributed by atoms with Crippen LogP contribution in [-0.2, 0) is 9.59 Å². The highest BCUT2D eigenvalue weighted by molar-refractivity contribution is 6.06. The largest absolute Gasteiger partial charge is 0.355 e. The molecule has 1 unspecified atom stereocenters. The van der Waals surface area contributed by atoms with Crippen LogP contribution in [-0.4, -0.2) is 35.8 Å². The minimum atomic E-state index is -0.706. The highest BCUT2D eigenvalue weighted by Crippen LogP contribution is 2.21. The Morgan fingerprint density at radius 2 is 2.00 bits per heavy atom. The van der Waals surface area contributed by atoms with Crippen molar-refractivity contribution in [3.8, 4) is 0 Å². The number of carbonyl (C=O) groups excluding carboxylic acids is 3. The zero-order chi connectivity index (χ0) is 14.5. The first-order valence-corrected chi connectivity index (χ1v) is 6.57. The van der Waals surface area contributed by atoms with Gasteiger partial charge in [-0.25, -0.2) is 4.79 Å². The highest BCUT2D eigenvalue weighted by atomic mass is 16.2. The van der Waals surface area contributed by atoms with Crippen LogP contribution in [0.5, 0.6) is 0 Å². The lowest BCUT2D eigenvalue weighted by molar-refractivity contribution is -0.132. The van der Waals surface area contributed by atoms with Crippen LogP contribution in [0, 0.1) is 0 Å². The van der Waals surface area contributed by atoms with E-state index in [0.29, 0.717) is 12.1 Å². The number of rotatable bonds is 5. The molecular weight excluding hydrogens is 258 g/mol. The number of urea groups is 1. The van der Waals surface area contributed by atoms with Crippen molar-refractivity contribution in [2.45, 2.75) is 19.4 Å². The van der Waals surface area contributed by atoms with E-state index in [1.165, 1.54) is 0 Å². The molecule has 2 N–H and O–H groups in total. The third-order valence-corrected chi connectivity index (χ3v) is 3.03. The van der Waals surface area contributed by atoms with E-state index in [1.807, 2.05) is 13.0 Å². The molecule has 1 aromatic carbocycles. The molecule has 1 aliphatic rings. The summed E-state index contributed by atoms with van der Waals surface area (Å²) in [7, 11) is 0. The zero-order valence-corrected chi connectivity index (χ0v) is 11.3. The van der Waals surface area contributed by atoms with Gasteiger partial charge in [0.25, 0.3) is 5.91 Å². The lowest BCUT2D eigenvalue weighted by atomic mass is 10.1. The molecule has 6 nitrogen and oxygen atoms in total. The topological polar surface area (TPSA) is 78.5 Å². The van der Waals surface area contributed by atoms with Crippen LogP contribution in [0.4, 0.5) is 4.79 Å². The monoisotopic (exact) mass is 275 g/mol. The molecule has 0 saturated carbocycles. The van der Waals surface area contributed by atoms with Crippen LogP contribution in [0.25, 0.3) is 0 Å². The number of imide groups is 1. The molecule has 0 bridgehead atoms. The fourth-order valence-electron chi connectivity index (χ4n) is 2.00. The Kier molecular flexibility index (Phi) is 4.34. The molecule has 4 amide bonds. The Morgan fingerprint density at radius 1 is 1.30 bits per heavy atom. The van der Waals surface area contributed by atoms with E-state index in [4.69, 9.17) is 0 Å². The molecule has 0 aliphatic carbocycles. The molecule has 6 heteroatoms. The quantitative estimate of drug-likeness (QED) is 0.780. The van der Waals surface area contributed by atoms with Gasteiger partial charge in [0.2, 0.25) is 5.91 Å². The van der Waals surface area contributed by atoms with Crippen molar-refractivity contribution in [1.29, 1.82) is 0 Å². The van der Waals surface area contributed by atoms with Gasteiger partial charge >= 0.3 is 6.03 Å². The molecule has 1 atom stereocenters. The Labute approximate surface area is 117 Å². The van der Waals surface area contributed by atoms with E-state index in [9.17, 15) is 14.4 Å². The van der Waals surface area contributed by atoms with Crippen LogP contribution in [0.2, 0.25) is 0 Å². The van der Waals surface area contributed by atoms with Gasteiger partial charge in [-0.2, -0.15) is 0 Å². The predicted octanol–water partition coefficient (Wildman–Crippen LogP) is 0.806.